The van der Waals surface area contributed by atoms with Crippen molar-refractivity contribution >= 4 is 46.6 Å². The molecule has 0 unspecified atom stereocenters. The molecule has 1 atom stereocenters. The normalized spacial score (nSPS) is 13.6. The Morgan fingerprint density at radius 3 is 2.26 bits per heavy atom. The largest absolute Gasteiger partial charge is 0.384 e. The van der Waals surface area contributed by atoms with E-state index in [1.807, 2.05) is 62.4 Å². The average molecular weight is 395 g/mol. The van der Waals surface area contributed by atoms with Gasteiger partial charge in [-0.15, -0.1) is 0 Å². The van der Waals surface area contributed by atoms with Crippen molar-refractivity contribution in [2.24, 2.45) is 0 Å². The Labute approximate surface area is 166 Å². The Morgan fingerprint density at radius 1 is 1.07 bits per heavy atom. The number of anilines is 3. The van der Waals surface area contributed by atoms with E-state index in [2.05, 4.69) is 9.97 Å². The van der Waals surface area contributed by atoms with Gasteiger partial charge in [0, 0.05) is 21.6 Å². The summed E-state index contributed by atoms with van der Waals surface area (Å²) in [7, 11) is 0. The smallest absolute Gasteiger partial charge is 0.244 e. The third-order valence-corrected chi connectivity index (χ3v) is 6.21. The van der Waals surface area contributed by atoms with Crippen molar-refractivity contribution in [3.8, 4) is 0 Å². The van der Waals surface area contributed by atoms with Crippen LogP contribution in [0.3, 0.4) is 0 Å². The van der Waals surface area contributed by atoms with E-state index in [9.17, 15) is 4.79 Å². The van der Waals surface area contributed by atoms with Gasteiger partial charge in [-0.25, -0.2) is 9.97 Å². The Hall–Kier alpha value is -2.51. The van der Waals surface area contributed by atoms with Gasteiger partial charge in [0.15, 0.2) is 5.16 Å². The number of aryl methyl sites for hydroxylation is 1. The lowest BCUT2D eigenvalue weighted by atomic mass is 10.2. The van der Waals surface area contributed by atoms with Crippen LogP contribution in [0.25, 0.3) is 0 Å². The number of carbonyl (C=O) groups excluding carboxylic acids is 1. The van der Waals surface area contributed by atoms with Crippen molar-refractivity contribution in [2.75, 3.05) is 10.6 Å². The minimum Gasteiger partial charge on any atom is -0.384 e. The number of carbonyl (C=O) groups is 1. The second-order valence-corrected chi connectivity index (χ2v) is 8.58. The van der Waals surface area contributed by atoms with Gasteiger partial charge in [-0.3, -0.25) is 9.69 Å². The molecule has 1 aromatic heterocycles. The monoisotopic (exact) mass is 394 g/mol. The number of nitrogen functional groups attached to an aromatic ring is 1. The topological polar surface area (TPSA) is 72.1 Å². The Balaban J connectivity index is 1.69. The molecule has 0 radical (unpaired) electrons. The Kier molecular flexibility index (Phi) is 4.80. The molecule has 1 aliphatic heterocycles. The van der Waals surface area contributed by atoms with Crippen LogP contribution in [0.15, 0.2) is 69.5 Å². The molecule has 0 saturated heterocycles. The van der Waals surface area contributed by atoms with E-state index in [0.717, 1.165) is 26.9 Å². The number of aromatic nitrogens is 2. The van der Waals surface area contributed by atoms with Gasteiger partial charge < -0.3 is 5.73 Å². The molecule has 2 heterocycles. The number of benzene rings is 2. The first kappa shape index (κ1) is 17.9. The van der Waals surface area contributed by atoms with Crippen LogP contribution in [0.5, 0.6) is 0 Å². The zero-order valence-electron chi connectivity index (χ0n) is 14.9. The lowest BCUT2D eigenvalue weighted by molar-refractivity contribution is -0.117. The van der Waals surface area contributed by atoms with Gasteiger partial charge in [-0.2, -0.15) is 0 Å². The predicted octanol–water partition coefficient (Wildman–Crippen LogP) is 4.68. The third-order valence-electron chi connectivity index (χ3n) is 4.14. The first-order valence-corrected chi connectivity index (χ1v) is 10.2. The third kappa shape index (κ3) is 3.52. The van der Waals surface area contributed by atoms with E-state index in [0.29, 0.717) is 11.0 Å². The average Bonchev–Trinajstić information content (AvgIpc) is 2.64. The summed E-state index contributed by atoms with van der Waals surface area (Å²) in [6.45, 7) is 3.74. The van der Waals surface area contributed by atoms with E-state index in [4.69, 9.17) is 5.73 Å². The molecule has 7 heteroatoms. The number of amides is 1. The van der Waals surface area contributed by atoms with E-state index in [1.165, 1.54) is 11.8 Å². The fourth-order valence-corrected chi connectivity index (χ4v) is 4.89. The molecule has 136 valence electrons. The van der Waals surface area contributed by atoms with Crippen LogP contribution in [0.4, 0.5) is 17.2 Å². The van der Waals surface area contributed by atoms with Gasteiger partial charge in [0.05, 0.1) is 16.6 Å². The van der Waals surface area contributed by atoms with Gasteiger partial charge in [0.1, 0.15) is 5.82 Å². The number of hydrogen-bond acceptors (Lipinski definition) is 6. The molecule has 0 saturated carbocycles. The summed E-state index contributed by atoms with van der Waals surface area (Å²) >= 11 is 3.00. The van der Waals surface area contributed by atoms with Gasteiger partial charge in [0.25, 0.3) is 0 Å². The van der Waals surface area contributed by atoms with E-state index in [-0.39, 0.29) is 11.2 Å². The van der Waals surface area contributed by atoms with Gasteiger partial charge >= 0.3 is 0 Å². The van der Waals surface area contributed by atoms with E-state index in [1.54, 1.807) is 22.7 Å². The first-order valence-electron chi connectivity index (χ1n) is 8.50. The Bertz CT molecular complexity index is 959. The van der Waals surface area contributed by atoms with Crippen LogP contribution in [0.1, 0.15) is 12.6 Å². The predicted molar refractivity (Wildman–Crippen MR) is 111 cm³/mol. The maximum absolute atomic E-state index is 13.4. The van der Waals surface area contributed by atoms with Crippen LogP contribution >= 0.6 is 23.5 Å². The summed E-state index contributed by atoms with van der Waals surface area (Å²) in [5.74, 6) is 0.401. The molecule has 4 rings (SSSR count). The molecule has 2 N–H and O–H groups in total. The highest BCUT2D eigenvalue weighted by atomic mass is 32.2. The van der Waals surface area contributed by atoms with Crippen molar-refractivity contribution < 1.29 is 4.79 Å². The van der Waals surface area contributed by atoms with Crippen molar-refractivity contribution in [2.45, 2.75) is 34.0 Å². The highest BCUT2D eigenvalue weighted by molar-refractivity contribution is 8.00. The van der Waals surface area contributed by atoms with E-state index >= 15 is 0 Å². The number of fused-ring (bicyclic) bond motifs is 2. The van der Waals surface area contributed by atoms with Crippen LogP contribution < -0.4 is 10.6 Å². The number of nitrogens with zero attached hydrogens (tertiary/aromatic N) is 3. The summed E-state index contributed by atoms with van der Waals surface area (Å²) in [5.41, 5.74) is 8.42. The Morgan fingerprint density at radius 2 is 1.67 bits per heavy atom. The van der Waals surface area contributed by atoms with Crippen molar-refractivity contribution in [3.05, 3.63) is 60.3 Å². The zero-order chi connectivity index (χ0) is 19.0. The molecule has 3 aromatic rings. The van der Waals surface area contributed by atoms with Crippen LogP contribution in [0.2, 0.25) is 0 Å². The van der Waals surface area contributed by atoms with Crippen molar-refractivity contribution in [1.29, 1.82) is 0 Å². The quantitative estimate of drug-likeness (QED) is 0.514. The molecule has 5 nitrogen and oxygen atoms in total. The summed E-state index contributed by atoms with van der Waals surface area (Å²) in [6.07, 6.45) is 0. The zero-order valence-corrected chi connectivity index (χ0v) is 16.6. The second-order valence-electron chi connectivity index (χ2n) is 6.19. The van der Waals surface area contributed by atoms with E-state index < -0.39 is 0 Å². The molecule has 2 aromatic carbocycles. The molecular weight excluding hydrogens is 376 g/mol. The number of hydrogen-bond donors (Lipinski definition) is 1. The highest BCUT2D eigenvalue weighted by Crippen LogP contribution is 2.48. The number of nitrogens with two attached hydrogens (primary N) is 1. The summed E-state index contributed by atoms with van der Waals surface area (Å²) in [5, 5.41) is 0.150. The molecular formula is C20H18N4OS2. The molecule has 1 amide bonds. The fraction of sp³-hybridized carbons (Fsp3) is 0.150. The molecule has 0 fully saturated rings. The molecule has 0 bridgehead atoms. The SMILES string of the molecule is Cc1cc(N)nc(S[C@H](C)C(=O)N2c3ccccc3Sc3ccccc32)n1. The molecule has 0 spiro atoms. The highest BCUT2D eigenvalue weighted by Gasteiger charge is 2.31. The maximum atomic E-state index is 13.4. The summed E-state index contributed by atoms with van der Waals surface area (Å²) < 4.78 is 0. The second kappa shape index (κ2) is 7.25. The lowest BCUT2D eigenvalue weighted by Gasteiger charge is -2.32. The van der Waals surface area contributed by atoms with Crippen molar-refractivity contribution in [3.63, 3.8) is 0 Å². The molecule has 27 heavy (non-hydrogen) atoms. The number of rotatable bonds is 3. The van der Waals surface area contributed by atoms with Crippen LogP contribution in [-0.4, -0.2) is 21.1 Å². The standard InChI is InChI=1S/C20H18N4OS2/c1-12-11-18(21)23-20(22-12)26-13(2)19(25)24-14-7-3-5-9-16(14)27-17-10-6-4-8-15(17)24/h3-11,13H,1-2H3,(H2,21,22,23)/t13-/m1/s1. The summed E-state index contributed by atoms with van der Waals surface area (Å²) in [6, 6.07) is 17.6. The number of thioether (sulfide) groups is 1. The van der Waals surface area contributed by atoms with Gasteiger partial charge in [-0.05, 0) is 38.1 Å². The van der Waals surface area contributed by atoms with Crippen molar-refractivity contribution in [1.82, 2.24) is 9.97 Å². The minimum atomic E-state index is -0.365. The van der Waals surface area contributed by atoms with Gasteiger partial charge in [-0.1, -0.05) is 47.8 Å². The maximum Gasteiger partial charge on any atom is 0.244 e. The van der Waals surface area contributed by atoms with Crippen LogP contribution in [0, 0.1) is 6.92 Å². The first-order chi connectivity index (χ1) is 13.0. The fourth-order valence-electron chi connectivity index (χ4n) is 2.95. The summed E-state index contributed by atoms with van der Waals surface area (Å²) in [4.78, 5) is 26.0. The molecule has 0 aliphatic carbocycles. The minimum absolute atomic E-state index is 0.0103. The molecule has 1 aliphatic rings. The van der Waals surface area contributed by atoms with Crippen LogP contribution in [-0.2, 0) is 4.79 Å². The lowest BCUT2D eigenvalue weighted by Crippen LogP contribution is -2.34. The van der Waals surface area contributed by atoms with Gasteiger partial charge in [0.2, 0.25) is 5.91 Å². The number of para-hydroxylation sites is 2.